The molecule has 0 heterocycles. The van der Waals surface area contributed by atoms with E-state index < -0.39 is 4.92 Å². The molecule has 0 fully saturated rings. The van der Waals surface area contributed by atoms with Gasteiger partial charge in [0.1, 0.15) is 0 Å². The van der Waals surface area contributed by atoms with Crippen LogP contribution in [-0.4, -0.2) is 10.7 Å². The largest absolute Gasteiger partial charge is 0.293 e. The van der Waals surface area contributed by atoms with Gasteiger partial charge < -0.3 is 0 Å². The lowest BCUT2D eigenvalue weighted by atomic mass is 9.91. The van der Waals surface area contributed by atoms with Crippen molar-refractivity contribution in [2.24, 2.45) is 5.92 Å². The first-order valence-electron chi connectivity index (χ1n) is 7.80. The fraction of sp³-hybridized carbons (Fsp3) is 0.200. The molecule has 2 aromatic rings. The predicted octanol–water partition coefficient (Wildman–Crippen LogP) is 4.76. The number of carbonyl (C=O) groups is 1. The van der Waals surface area contributed by atoms with E-state index in [4.69, 9.17) is 0 Å². The van der Waals surface area contributed by atoms with Gasteiger partial charge in [-0.2, -0.15) is 0 Å². The molecule has 0 N–H and O–H groups in total. The zero-order chi connectivity index (χ0) is 17.4. The summed E-state index contributed by atoms with van der Waals surface area (Å²) in [6, 6.07) is 15.8. The van der Waals surface area contributed by atoms with E-state index in [1.165, 1.54) is 29.8 Å². The number of aryl methyl sites for hydroxylation is 1. The molecule has 4 heteroatoms. The van der Waals surface area contributed by atoms with Gasteiger partial charge >= 0.3 is 0 Å². The van der Waals surface area contributed by atoms with Gasteiger partial charge in [-0.05, 0) is 43.0 Å². The molecule has 0 amide bonds. The van der Waals surface area contributed by atoms with E-state index >= 15 is 0 Å². The summed E-state index contributed by atoms with van der Waals surface area (Å²) in [7, 11) is 0. The maximum atomic E-state index is 12.6. The number of ketones is 1. The number of allylic oxidation sites excluding steroid dienone is 1. The van der Waals surface area contributed by atoms with Crippen molar-refractivity contribution in [2.75, 3.05) is 0 Å². The van der Waals surface area contributed by atoms with Gasteiger partial charge in [0.25, 0.3) is 5.69 Å². The minimum Gasteiger partial charge on any atom is -0.293 e. The number of benzene rings is 2. The first-order chi connectivity index (χ1) is 11.6. The second kappa shape index (κ2) is 8.61. The number of nitro benzene ring substituents is 1. The van der Waals surface area contributed by atoms with Crippen molar-refractivity contribution < 1.29 is 9.72 Å². The lowest BCUT2D eigenvalue weighted by molar-refractivity contribution is -0.384. The molecule has 0 saturated heterocycles. The molecule has 1 unspecified atom stereocenters. The molecule has 0 saturated carbocycles. The molecule has 0 aromatic heterocycles. The van der Waals surface area contributed by atoms with Crippen molar-refractivity contribution in [2.45, 2.75) is 19.3 Å². The van der Waals surface area contributed by atoms with E-state index in [1.54, 1.807) is 6.08 Å². The van der Waals surface area contributed by atoms with Crippen LogP contribution in [0.2, 0.25) is 0 Å². The van der Waals surface area contributed by atoms with Gasteiger partial charge in [-0.15, -0.1) is 5.73 Å². The molecule has 0 aliphatic carbocycles. The van der Waals surface area contributed by atoms with Gasteiger partial charge in [0.05, 0.1) is 4.92 Å². The lowest BCUT2D eigenvalue weighted by Gasteiger charge is -2.11. The molecule has 0 spiro atoms. The van der Waals surface area contributed by atoms with Crippen LogP contribution < -0.4 is 0 Å². The number of hydrogen-bond acceptors (Lipinski definition) is 3. The number of non-ortho nitro benzene ring substituents is 1. The van der Waals surface area contributed by atoms with Crippen molar-refractivity contribution in [3.05, 3.63) is 94.2 Å². The Morgan fingerprint density at radius 1 is 1.17 bits per heavy atom. The molecule has 0 aliphatic rings. The number of Topliss-reactive ketones (excluding diaryl/α,β-unsaturated/α-hetero) is 1. The standard InChI is InChI=1S/C20H19NO3/c1-2-7-17(11-6-10-16-8-4-3-5-9-16)20(22)18-12-14-19(15-13-18)21(23)24/h3-5,7-9,12-15,17H,1,6,10-11H2. The van der Waals surface area contributed by atoms with Gasteiger partial charge in [0.2, 0.25) is 0 Å². The topological polar surface area (TPSA) is 60.2 Å². The number of hydrogen-bond donors (Lipinski definition) is 0. The molecule has 0 aliphatic heterocycles. The van der Waals surface area contributed by atoms with E-state index in [9.17, 15) is 14.9 Å². The van der Waals surface area contributed by atoms with Crippen molar-refractivity contribution in [1.82, 2.24) is 0 Å². The molecule has 0 bridgehead atoms. The summed E-state index contributed by atoms with van der Waals surface area (Å²) in [5, 5.41) is 10.7. The Hall–Kier alpha value is -2.97. The zero-order valence-corrected chi connectivity index (χ0v) is 13.4. The smallest absolute Gasteiger partial charge is 0.269 e. The van der Waals surface area contributed by atoms with Crippen molar-refractivity contribution in [1.29, 1.82) is 0 Å². The molecule has 0 radical (unpaired) electrons. The Morgan fingerprint density at radius 3 is 2.42 bits per heavy atom. The average molecular weight is 321 g/mol. The molecular formula is C20H19NO3. The SMILES string of the molecule is C=C=CC(CCCc1ccccc1)C(=O)c1ccc([N+](=O)[O-])cc1. The Morgan fingerprint density at radius 2 is 1.83 bits per heavy atom. The molecule has 4 nitrogen and oxygen atoms in total. The van der Waals surface area contributed by atoms with Gasteiger partial charge in [0.15, 0.2) is 5.78 Å². The average Bonchev–Trinajstić information content (AvgIpc) is 2.61. The summed E-state index contributed by atoms with van der Waals surface area (Å²) >= 11 is 0. The second-order valence-corrected chi connectivity index (χ2v) is 5.52. The van der Waals surface area contributed by atoms with E-state index in [1.807, 2.05) is 18.2 Å². The molecule has 122 valence electrons. The second-order valence-electron chi connectivity index (χ2n) is 5.52. The number of rotatable bonds is 8. The fourth-order valence-corrected chi connectivity index (χ4v) is 2.56. The first-order valence-corrected chi connectivity index (χ1v) is 7.80. The van der Waals surface area contributed by atoms with Crippen LogP contribution in [0.25, 0.3) is 0 Å². The van der Waals surface area contributed by atoms with Crippen LogP contribution in [0.15, 0.2) is 73.0 Å². The Labute approximate surface area is 141 Å². The van der Waals surface area contributed by atoms with Crippen molar-refractivity contribution >= 4 is 11.5 Å². The Balaban J connectivity index is 2.02. The van der Waals surface area contributed by atoms with Crippen LogP contribution in [0.3, 0.4) is 0 Å². The highest BCUT2D eigenvalue weighted by Crippen LogP contribution is 2.20. The summed E-state index contributed by atoms with van der Waals surface area (Å²) in [6.07, 6.45) is 4.13. The minimum absolute atomic E-state index is 0.0218. The van der Waals surface area contributed by atoms with Crippen LogP contribution in [0.4, 0.5) is 5.69 Å². The number of carbonyl (C=O) groups excluding carboxylic acids is 1. The van der Waals surface area contributed by atoms with Crippen molar-refractivity contribution in [3.63, 3.8) is 0 Å². The molecule has 24 heavy (non-hydrogen) atoms. The fourth-order valence-electron chi connectivity index (χ4n) is 2.56. The highest BCUT2D eigenvalue weighted by atomic mass is 16.6. The highest BCUT2D eigenvalue weighted by Gasteiger charge is 2.18. The maximum absolute atomic E-state index is 12.6. The van der Waals surface area contributed by atoms with Gasteiger partial charge in [-0.1, -0.05) is 36.9 Å². The van der Waals surface area contributed by atoms with Gasteiger partial charge in [-0.3, -0.25) is 14.9 Å². The summed E-state index contributed by atoms with van der Waals surface area (Å²) in [5.74, 6) is -0.373. The van der Waals surface area contributed by atoms with Crippen LogP contribution in [0.5, 0.6) is 0 Å². The maximum Gasteiger partial charge on any atom is 0.269 e. The lowest BCUT2D eigenvalue weighted by Crippen LogP contribution is -2.13. The zero-order valence-electron chi connectivity index (χ0n) is 13.4. The molecular weight excluding hydrogens is 302 g/mol. The first kappa shape index (κ1) is 17.4. The normalized spacial score (nSPS) is 11.3. The van der Waals surface area contributed by atoms with Crippen LogP contribution >= 0.6 is 0 Å². The quantitative estimate of drug-likeness (QED) is 0.305. The van der Waals surface area contributed by atoms with Gasteiger partial charge in [0, 0.05) is 23.6 Å². The Kier molecular flexibility index (Phi) is 6.23. The van der Waals surface area contributed by atoms with Crippen LogP contribution in [0, 0.1) is 16.0 Å². The van der Waals surface area contributed by atoms with Crippen molar-refractivity contribution in [3.8, 4) is 0 Å². The van der Waals surface area contributed by atoms with Gasteiger partial charge in [-0.25, -0.2) is 0 Å². The monoisotopic (exact) mass is 321 g/mol. The summed E-state index contributed by atoms with van der Waals surface area (Å²) in [6.45, 7) is 3.56. The number of nitro groups is 1. The summed E-state index contributed by atoms with van der Waals surface area (Å²) in [4.78, 5) is 22.8. The van der Waals surface area contributed by atoms with E-state index in [0.717, 1.165) is 12.8 Å². The highest BCUT2D eigenvalue weighted by molar-refractivity contribution is 5.99. The molecule has 2 rings (SSSR count). The number of nitrogens with zero attached hydrogens (tertiary/aromatic N) is 1. The van der Waals surface area contributed by atoms with E-state index in [0.29, 0.717) is 12.0 Å². The molecule has 2 aromatic carbocycles. The predicted molar refractivity (Wildman–Crippen MR) is 94.0 cm³/mol. The Bertz CT molecular complexity index is 744. The van der Waals surface area contributed by atoms with E-state index in [-0.39, 0.29) is 17.4 Å². The third kappa shape index (κ3) is 4.77. The summed E-state index contributed by atoms with van der Waals surface area (Å²) in [5.41, 5.74) is 4.38. The third-order valence-corrected chi connectivity index (χ3v) is 3.84. The third-order valence-electron chi connectivity index (χ3n) is 3.84. The molecule has 1 atom stereocenters. The minimum atomic E-state index is -0.477. The van der Waals surface area contributed by atoms with Crippen LogP contribution in [-0.2, 0) is 6.42 Å². The summed E-state index contributed by atoms with van der Waals surface area (Å²) < 4.78 is 0. The van der Waals surface area contributed by atoms with E-state index in [2.05, 4.69) is 24.4 Å². The van der Waals surface area contributed by atoms with Crippen LogP contribution in [0.1, 0.15) is 28.8 Å².